The Labute approximate surface area is 207 Å². The fourth-order valence-electron chi connectivity index (χ4n) is 2.65. The van der Waals surface area contributed by atoms with Crippen molar-refractivity contribution in [3.63, 3.8) is 0 Å². The number of hydrogen-bond donors (Lipinski definition) is 0. The first kappa shape index (κ1) is 52.7. The zero-order chi connectivity index (χ0) is 26.6. The molecular formula is C31H78. The smallest absolute Gasteiger partial charge is 0.0533 e. The fraction of sp³-hybridized carbons (Fsp3) is 1.00. The minimum Gasteiger partial charge on any atom is -0.0683 e. The zero-order valence-electron chi connectivity index (χ0n) is 26.6. The van der Waals surface area contributed by atoms with Crippen molar-refractivity contribution < 1.29 is 0 Å². The average Bonchev–Trinajstić information content (AvgIpc) is 2.93. The van der Waals surface area contributed by atoms with Gasteiger partial charge in [-0.2, -0.15) is 0 Å². The summed E-state index contributed by atoms with van der Waals surface area (Å²) < 4.78 is 0. The lowest BCUT2D eigenvalue weighted by atomic mass is 10.1. The van der Waals surface area contributed by atoms with E-state index >= 15 is 0 Å². The van der Waals surface area contributed by atoms with Gasteiger partial charge in [-0.15, -0.1) is 0 Å². The van der Waals surface area contributed by atoms with Gasteiger partial charge in [-0.1, -0.05) is 207 Å². The summed E-state index contributed by atoms with van der Waals surface area (Å²) in [5, 5.41) is 0. The van der Waals surface area contributed by atoms with Crippen LogP contribution in [0.2, 0.25) is 0 Å². The van der Waals surface area contributed by atoms with Gasteiger partial charge >= 0.3 is 0 Å². The third-order valence-corrected chi connectivity index (χ3v) is 3.75. The van der Waals surface area contributed by atoms with Crippen LogP contribution in [0.15, 0.2) is 0 Å². The molecule has 0 aliphatic heterocycles. The van der Waals surface area contributed by atoms with Gasteiger partial charge in [-0.05, 0) is 0 Å². The molecule has 1 rings (SSSR count). The van der Waals surface area contributed by atoms with Crippen LogP contribution in [0.4, 0.5) is 0 Å². The van der Waals surface area contributed by atoms with E-state index in [0.29, 0.717) is 0 Å². The van der Waals surface area contributed by atoms with Gasteiger partial charge in [-0.25, -0.2) is 0 Å². The first-order valence-electron chi connectivity index (χ1n) is 15.5. The summed E-state index contributed by atoms with van der Waals surface area (Å²) in [6.07, 6.45) is 22.5. The van der Waals surface area contributed by atoms with Gasteiger partial charge in [0.15, 0.2) is 0 Å². The van der Waals surface area contributed by atoms with Gasteiger partial charge in [0, 0.05) is 0 Å². The van der Waals surface area contributed by atoms with E-state index in [1.165, 1.54) is 96.3 Å². The normalized spacial score (nSPS) is 13.2. The lowest BCUT2D eigenvalue weighted by Crippen LogP contribution is -1.81. The van der Waals surface area contributed by atoms with Gasteiger partial charge in [0.2, 0.25) is 0 Å². The van der Waals surface area contributed by atoms with E-state index in [4.69, 9.17) is 0 Å². The van der Waals surface area contributed by atoms with Crippen molar-refractivity contribution in [1.82, 2.24) is 0 Å². The SMILES string of the molecule is C1CCCCCCCCCCCCCC1.CC.CC.CC.CC.CC.CC.CC.CC. The van der Waals surface area contributed by atoms with Crippen molar-refractivity contribution in [1.29, 1.82) is 0 Å². The van der Waals surface area contributed by atoms with Gasteiger partial charge in [0.25, 0.3) is 0 Å². The topological polar surface area (TPSA) is 0 Å². The predicted molar refractivity (Wildman–Crippen MR) is 160 cm³/mol. The van der Waals surface area contributed by atoms with Crippen LogP contribution in [0.25, 0.3) is 0 Å². The van der Waals surface area contributed by atoms with Crippen LogP contribution in [-0.4, -0.2) is 0 Å². The summed E-state index contributed by atoms with van der Waals surface area (Å²) in [7, 11) is 0. The second kappa shape index (κ2) is 112. The summed E-state index contributed by atoms with van der Waals surface area (Å²) >= 11 is 0. The van der Waals surface area contributed by atoms with Crippen molar-refractivity contribution in [3.05, 3.63) is 0 Å². The highest BCUT2D eigenvalue weighted by molar-refractivity contribution is 4.52. The van der Waals surface area contributed by atoms with E-state index in [9.17, 15) is 0 Å². The molecule has 31 heavy (non-hydrogen) atoms. The van der Waals surface area contributed by atoms with Crippen molar-refractivity contribution in [2.45, 2.75) is 207 Å². The van der Waals surface area contributed by atoms with E-state index in [1.54, 1.807) is 0 Å². The molecule has 0 spiro atoms. The Morgan fingerprint density at radius 1 is 0.129 bits per heavy atom. The van der Waals surface area contributed by atoms with E-state index in [0.717, 1.165) is 0 Å². The molecular weight excluding hydrogens is 372 g/mol. The Balaban J connectivity index is -0.0000000465. The van der Waals surface area contributed by atoms with Crippen LogP contribution in [0, 0.1) is 0 Å². The second-order valence-corrected chi connectivity index (χ2v) is 5.30. The lowest BCUT2D eigenvalue weighted by molar-refractivity contribution is 0.548. The molecule has 0 unspecified atom stereocenters. The van der Waals surface area contributed by atoms with E-state index in [-0.39, 0.29) is 0 Å². The quantitative estimate of drug-likeness (QED) is 0.344. The minimum atomic E-state index is 1.50. The van der Waals surface area contributed by atoms with Crippen molar-refractivity contribution in [2.75, 3.05) is 0 Å². The van der Waals surface area contributed by atoms with E-state index < -0.39 is 0 Å². The van der Waals surface area contributed by atoms with Gasteiger partial charge < -0.3 is 0 Å². The fourth-order valence-corrected chi connectivity index (χ4v) is 2.65. The first-order valence-corrected chi connectivity index (χ1v) is 15.5. The Kier molecular flexibility index (Phi) is 191. The highest BCUT2D eigenvalue weighted by Gasteiger charge is 1.96. The van der Waals surface area contributed by atoms with Crippen LogP contribution < -0.4 is 0 Å². The molecule has 202 valence electrons. The summed E-state index contributed by atoms with van der Waals surface area (Å²) in [5.41, 5.74) is 0. The predicted octanol–water partition coefficient (Wildman–Crippen LogP) is 14.1. The molecule has 0 bridgehead atoms. The van der Waals surface area contributed by atoms with Crippen molar-refractivity contribution >= 4 is 0 Å². The van der Waals surface area contributed by atoms with Crippen LogP contribution in [-0.2, 0) is 0 Å². The third kappa shape index (κ3) is 105. The summed E-state index contributed by atoms with van der Waals surface area (Å²) in [6.45, 7) is 32.0. The van der Waals surface area contributed by atoms with Crippen LogP contribution in [0.1, 0.15) is 207 Å². The average molecular weight is 451 g/mol. The standard InChI is InChI=1S/C15H30.8C2H6/c1-2-4-6-8-10-12-14-15-13-11-9-7-5-3-1;8*1-2/h1-15H2;8*1-2H3. The molecule has 0 radical (unpaired) electrons. The third-order valence-electron chi connectivity index (χ3n) is 3.75. The molecule has 1 fully saturated rings. The number of rotatable bonds is 0. The molecule has 0 heteroatoms. The van der Waals surface area contributed by atoms with Gasteiger partial charge in [0.1, 0.15) is 0 Å². The lowest BCUT2D eigenvalue weighted by Gasteiger charge is -2.01. The Hall–Kier alpha value is 0. The molecule has 0 atom stereocenters. The Morgan fingerprint density at radius 3 is 0.194 bits per heavy atom. The van der Waals surface area contributed by atoms with E-state index in [2.05, 4.69) is 0 Å². The molecule has 0 saturated heterocycles. The largest absolute Gasteiger partial charge is 0.0683 e. The zero-order valence-corrected chi connectivity index (χ0v) is 26.6. The maximum absolute atomic E-state index is 2.00. The highest BCUT2D eigenvalue weighted by Crippen LogP contribution is 2.16. The molecule has 0 N–H and O–H groups in total. The molecule has 0 amide bonds. The van der Waals surface area contributed by atoms with Crippen molar-refractivity contribution in [2.24, 2.45) is 0 Å². The van der Waals surface area contributed by atoms with E-state index in [1.807, 2.05) is 111 Å². The molecule has 1 aliphatic carbocycles. The summed E-state index contributed by atoms with van der Waals surface area (Å²) in [6, 6.07) is 0. The Bertz CT molecular complexity index is 58.6. The Morgan fingerprint density at radius 2 is 0.161 bits per heavy atom. The van der Waals surface area contributed by atoms with Gasteiger partial charge in [-0.3, -0.25) is 0 Å². The molecule has 0 aromatic rings. The molecule has 0 aromatic carbocycles. The van der Waals surface area contributed by atoms with Gasteiger partial charge in [0.05, 0.1) is 0 Å². The monoisotopic (exact) mass is 451 g/mol. The molecule has 1 saturated carbocycles. The van der Waals surface area contributed by atoms with Crippen molar-refractivity contribution in [3.8, 4) is 0 Å². The molecule has 0 aromatic heterocycles. The molecule has 0 nitrogen and oxygen atoms in total. The van der Waals surface area contributed by atoms with Crippen LogP contribution >= 0.6 is 0 Å². The highest BCUT2D eigenvalue weighted by atomic mass is 14.0. The summed E-state index contributed by atoms with van der Waals surface area (Å²) in [5.74, 6) is 0. The molecule has 0 heterocycles. The minimum absolute atomic E-state index is 1.50. The molecule has 1 aliphatic rings. The first-order chi connectivity index (χ1) is 15.5. The summed E-state index contributed by atoms with van der Waals surface area (Å²) in [4.78, 5) is 0. The maximum Gasteiger partial charge on any atom is -0.0533 e. The second-order valence-electron chi connectivity index (χ2n) is 5.30. The van der Waals surface area contributed by atoms with Crippen LogP contribution in [0.5, 0.6) is 0 Å². The number of hydrogen-bond acceptors (Lipinski definition) is 0. The maximum atomic E-state index is 2.00. The van der Waals surface area contributed by atoms with Crippen LogP contribution in [0.3, 0.4) is 0 Å².